The van der Waals surface area contributed by atoms with Crippen LogP contribution in [0.25, 0.3) is 0 Å². The normalized spacial score (nSPS) is 14.3. The predicted octanol–water partition coefficient (Wildman–Crippen LogP) is 5.13. The Morgan fingerprint density at radius 2 is 1.69 bits per heavy atom. The molecule has 0 bridgehead atoms. The molecule has 11 heteroatoms. The average molecular weight is 478 g/mol. The van der Waals surface area contributed by atoms with Gasteiger partial charge in [0.25, 0.3) is 5.91 Å². The number of hydrogen-bond donors (Lipinski definition) is 2. The number of rotatable bonds is 4. The summed E-state index contributed by atoms with van der Waals surface area (Å²) in [6.45, 7) is 1.00. The van der Waals surface area contributed by atoms with Crippen molar-refractivity contribution in [1.82, 2.24) is 15.1 Å². The number of nitrogens with one attached hydrogen (secondary N) is 2. The highest BCUT2D eigenvalue weighted by Gasteiger charge is 2.27. The molecule has 166 valence electrons. The summed E-state index contributed by atoms with van der Waals surface area (Å²) in [6.07, 6.45) is 1.34. The van der Waals surface area contributed by atoms with Crippen molar-refractivity contribution in [3.05, 3.63) is 69.1 Å². The maximum Gasteiger partial charge on any atom is 0.321 e. The standard InChI is InChI=1S/C21H18ClF2N5O2S/c22-16-11-15(5-6-17(16)24)26-21(31)29-9-7-12(8-10-29)19-27-28-20(32-19)18(30)25-14-3-1-13(23)2-4-14/h1-6,11-12H,7-10H2,(H,25,30)(H,26,31). The molecule has 0 spiro atoms. The van der Waals surface area contributed by atoms with Crippen molar-refractivity contribution < 1.29 is 18.4 Å². The Balaban J connectivity index is 1.31. The highest BCUT2D eigenvalue weighted by Crippen LogP contribution is 2.31. The molecule has 1 aromatic heterocycles. The molecule has 2 heterocycles. The second-order valence-electron chi connectivity index (χ2n) is 7.23. The third kappa shape index (κ3) is 5.20. The Morgan fingerprint density at radius 1 is 1.00 bits per heavy atom. The van der Waals surface area contributed by atoms with Crippen LogP contribution in [-0.2, 0) is 0 Å². The van der Waals surface area contributed by atoms with Crippen LogP contribution < -0.4 is 10.6 Å². The van der Waals surface area contributed by atoms with Gasteiger partial charge in [0.15, 0.2) is 0 Å². The minimum atomic E-state index is -0.548. The predicted molar refractivity (Wildman–Crippen MR) is 118 cm³/mol. The fraction of sp³-hybridized carbons (Fsp3) is 0.238. The van der Waals surface area contributed by atoms with E-state index in [4.69, 9.17) is 11.6 Å². The highest BCUT2D eigenvalue weighted by molar-refractivity contribution is 7.13. The zero-order valence-electron chi connectivity index (χ0n) is 16.6. The van der Waals surface area contributed by atoms with Gasteiger partial charge < -0.3 is 15.5 Å². The monoisotopic (exact) mass is 477 g/mol. The largest absolute Gasteiger partial charge is 0.324 e. The molecule has 3 aromatic rings. The number of likely N-dealkylation sites (tertiary alicyclic amines) is 1. The Kier molecular flexibility index (Phi) is 6.61. The molecule has 3 amide bonds. The van der Waals surface area contributed by atoms with Gasteiger partial charge >= 0.3 is 6.03 Å². The van der Waals surface area contributed by atoms with Crippen molar-refractivity contribution in [2.75, 3.05) is 23.7 Å². The molecule has 1 aliphatic heterocycles. The molecule has 32 heavy (non-hydrogen) atoms. The minimum absolute atomic E-state index is 0.0583. The number of carbonyl (C=O) groups excluding carboxylic acids is 2. The van der Waals surface area contributed by atoms with Gasteiger partial charge in [-0.25, -0.2) is 13.6 Å². The van der Waals surface area contributed by atoms with Gasteiger partial charge in [-0.2, -0.15) is 0 Å². The van der Waals surface area contributed by atoms with Crippen LogP contribution in [0.3, 0.4) is 0 Å². The van der Waals surface area contributed by atoms with E-state index < -0.39 is 11.7 Å². The van der Waals surface area contributed by atoms with E-state index in [0.717, 1.165) is 5.01 Å². The van der Waals surface area contributed by atoms with E-state index in [2.05, 4.69) is 20.8 Å². The van der Waals surface area contributed by atoms with Gasteiger partial charge in [0.05, 0.1) is 5.02 Å². The summed E-state index contributed by atoms with van der Waals surface area (Å²) in [4.78, 5) is 26.5. The Hall–Kier alpha value is -3.11. The summed E-state index contributed by atoms with van der Waals surface area (Å²) >= 11 is 6.96. The van der Waals surface area contributed by atoms with E-state index in [-0.39, 0.29) is 27.8 Å². The molecular weight excluding hydrogens is 460 g/mol. The summed E-state index contributed by atoms with van der Waals surface area (Å²) < 4.78 is 26.3. The lowest BCUT2D eigenvalue weighted by molar-refractivity contribution is 0.102. The van der Waals surface area contributed by atoms with Crippen molar-refractivity contribution >= 4 is 46.3 Å². The zero-order chi connectivity index (χ0) is 22.7. The van der Waals surface area contributed by atoms with E-state index >= 15 is 0 Å². The first kappa shape index (κ1) is 22.1. The number of anilines is 2. The molecule has 0 saturated carbocycles. The smallest absolute Gasteiger partial charge is 0.321 e. The molecule has 0 atom stereocenters. The first-order valence-electron chi connectivity index (χ1n) is 9.80. The Labute approximate surface area is 191 Å². The van der Waals surface area contributed by atoms with Crippen molar-refractivity contribution in [2.45, 2.75) is 18.8 Å². The van der Waals surface area contributed by atoms with Crippen LogP contribution in [0, 0.1) is 11.6 Å². The maximum absolute atomic E-state index is 13.3. The summed E-state index contributed by atoms with van der Waals surface area (Å²) in [5, 5.41) is 14.4. The maximum atomic E-state index is 13.3. The van der Waals surface area contributed by atoms with Crippen LogP contribution in [0.5, 0.6) is 0 Å². The molecule has 1 saturated heterocycles. The number of piperidine rings is 1. The van der Waals surface area contributed by atoms with Crippen molar-refractivity contribution in [1.29, 1.82) is 0 Å². The lowest BCUT2D eigenvalue weighted by Crippen LogP contribution is -2.40. The molecule has 4 rings (SSSR count). The third-order valence-corrected chi connectivity index (χ3v) is 6.41. The van der Waals surface area contributed by atoms with Crippen molar-refractivity contribution in [3.63, 3.8) is 0 Å². The molecular formula is C21H18ClF2N5O2S. The van der Waals surface area contributed by atoms with E-state index in [1.807, 2.05) is 0 Å². The summed E-state index contributed by atoms with van der Waals surface area (Å²) in [6, 6.07) is 9.18. The molecule has 1 aliphatic rings. The van der Waals surface area contributed by atoms with Gasteiger partial charge in [-0.15, -0.1) is 10.2 Å². The van der Waals surface area contributed by atoms with Gasteiger partial charge in [0.1, 0.15) is 16.6 Å². The first-order valence-corrected chi connectivity index (χ1v) is 11.0. The van der Waals surface area contributed by atoms with E-state index in [1.165, 1.54) is 53.8 Å². The average Bonchev–Trinajstić information content (AvgIpc) is 3.28. The van der Waals surface area contributed by atoms with Crippen LogP contribution in [0.2, 0.25) is 5.02 Å². The van der Waals surface area contributed by atoms with Crippen LogP contribution in [0.1, 0.15) is 33.6 Å². The number of benzene rings is 2. The van der Waals surface area contributed by atoms with Gasteiger partial charge in [0, 0.05) is 30.4 Å². The van der Waals surface area contributed by atoms with Crippen LogP contribution in [0.15, 0.2) is 42.5 Å². The molecule has 2 aromatic carbocycles. The molecule has 0 radical (unpaired) electrons. The van der Waals surface area contributed by atoms with Gasteiger partial charge in [-0.05, 0) is 55.3 Å². The van der Waals surface area contributed by atoms with Gasteiger partial charge in [-0.1, -0.05) is 22.9 Å². The zero-order valence-corrected chi connectivity index (χ0v) is 18.2. The molecule has 0 aliphatic carbocycles. The summed E-state index contributed by atoms with van der Waals surface area (Å²) in [7, 11) is 0. The number of nitrogens with zero attached hydrogens (tertiary/aromatic N) is 3. The molecule has 2 N–H and O–H groups in total. The van der Waals surface area contributed by atoms with E-state index in [9.17, 15) is 18.4 Å². The number of urea groups is 1. The fourth-order valence-corrected chi connectivity index (χ4v) is 4.40. The lowest BCUT2D eigenvalue weighted by atomic mass is 9.98. The van der Waals surface area contributed by atoms with Crippen molar-refractivity contribution in [3.8, 4) is 0 Å². The number of halogens is 3. The summed E-state index contributed by atoms with van der Waals surface area (Å²) in [5.74, 6) is -1.25. The lowest BCUT2D eigenvalue weighted by Gasteiger charge is -2.31. The quantitative estimate of drug-likeness (QED) is 0.545. The highest BCUT2D eigenvalue weighted by atomic mass is 35.5. The Bertz CT molecular complexity index is 1130. The Morgan fingerprint density at radius 3 is 2.38 bits per heavy atom. The van der Waals surface area contributed by atoms with Gasteiger partial charge in [-0.3, -0.25) is 4.79 Å². The number of hydrogen-bond acceptors (Lipinski definition) is 5. The van der Waals surface area contributed by atoms with Crippen LogP contribution in [0.4, 0.5) is 25.0 Å². The minimum Gasteiger partial charge on any atom is -0.324 e. The molecule has 1 fully saturated rings. The third-order valence-electron chi connectivity index (χ3n) is 5.04. The molecule has 7 nitrogen and oxygen atoms in total. The second kappa shape index (κ2) is 9.58. The number of amides is 3. The summed E-state index contributed by atoms with van der Waals surface area (Å²) in [5.41, 5.74) is 0.888. The number of aromatic nitrogens is 2. The first-order chi connectivity index (χ1) is 15.4. The SMILES string of the molecule is O=C(Nc1ccc(F)cc1)c1nnc(C2CCN(C(=O)Nc3ccc(F)c(Cl)c3)CC2)s1. The van der Waals surface area contributed by atoms with Crippen LogP contribution in [-0.4, -0.2) is 40.1 Å². The topological polar surface area (TPSA) is 87.2 Å². The van der Waals surface area contributed by atoms with E-state index in [0.29, 0.717) is 37.3 Å². The second-order valence-corrected chi connectivity index (χ2v) is 8.64. The fourth-order valence-electron chi connectivity index (χ4n) is 3.32. The van der Waals surface area contributed by atoms with Gasteiger partial charge in [0.2, 0.25) is 5.01 Å². The molecule has 0 unspecified atom stereocenters. The van der Waals surface area contributed by atoms with Crippen molar-refractivity contribution in [2.24, 2.45) is 0 Å². The number of carbonyl (C=O) groups is 2. The van der Waals surface area contributed by atoms with E-state index in [1.54, 1.807) is 4.90 Å². The van der Waals surface area contributed by atoms with Crippen LogP contribution >= 0.6 is 22.9 Å².